The highest BCUT2D eigenvalue weighted by atomic mass is 16.5. The zero-order valence-electron chi connectivity index (χ0n) is 15.9. The van der Waals surface area contributed by atoms with Crippen molar-refractivity contribution in [3.63, 3.8) is 0 Å². The van der Waals surface area contributed by atoms with Crippen LogP contribution in [0.15, 0.2) is 48.5 Å². The van der Waals surface area contributed by atoms with Gasteiger partial charge in [-0.15, -0.1) is 0 Å². The van der Waals surface area contributed by atoms with E-state index in [1.807, 2.05) is 30.3 Å². The van der Waals surface area contributed by atoms with Gasteiger partial charge in [0.25, 0.3) is 0 Å². The van der Waals surface area contributed by atoms with Crippen LogP contribution in [0.3, 0.4) is 0 Å². The summed E-state index contributed by atoms with van der Waals surface area (Å²) in [4.78, 5) is 12.5. The van der Waals surface area contributed by atoms with Crippen LogP contribution in [0.2, 0.25) is 0 Å². The van der Waals surface area contributed by atoms with Gasteiger partial charge in [-0.2, -0.15) is 0 Å². The zero-order valence-corrected chi connectivity index (χ0v) is 15.9. The molecular formula is C21H28NO5+. The van der Waals surface area contributed by atoms with Gasteiger partial charge in [-0.05, 0) is 25.1 Å². The molecule has 3 N–H and O–H groups in total. The smallest absolute Gasteiger partial charge is 0.161 e. The van der Waals surface area contributed by atoms with Gasteiger partial charge in [-0.1, -0.05) is 30.3 Å². The largest absolute Gasteiger partial charge is 0.493 e. The Labute approximate surface area is 160 Å². The van der Waals surface area contributed by atoms with E-state index in [1.165, 1.54) is 14.0 Å². The first-order valence-corrected chi connectivity index (χ1v) is 9.01. The molecule has 0 amide bonds. The first-order valence-electron chi connectivity index (χ1n) is 9.01. The van der Waals surface area contributed by atoms with Gasteiger partial charge in [0.15, 0.2) is 17.3 Å². The third kappa shape index (κ3) is 6.67. The molecular weight excluding hydrogens is 346 g/mol. The quantitative estimate of drug-likeness (QED) is 0.505. The van der Waals surface area contributed by atoms with Crippen LogP contribution in [0.25, 0.3) is 0 Å². The number of hydrogen-bond donors (Lipinski definition) is 3. The molecule has 2 rings (SSSR count). The van der Waals surface area contributed by atoms with Crippen molar-refractivity contribution in [1.82, 2.24) is 0 Å². The molecule has 146 valence electrons. The highest BCUT2D eigenvalue weighted by molar-refractivity contribution is 5.94. The monoisotopic (exact) mass is 374 g/mol. The van der Waals surface area contributed by atoms with Gasteiger partial charge >= 0.3 is 0 Å². The topological polar surface area (TPSA) is 80.4 Å². The lowest BCUT2D eigenvalue weighted by molar-refractivity contribution is -0.917. The first-order chi connectivity index (χ1) is 13.0. The summed E-state index contributed by atoms with van der Waals surface area (Å²) in [6, 6.07) is 14.9. The number of benzene rings is 2. The molecule has 0 heterocycles. The second kappa shape index (κ2) is 10.7. The molecule has 0 aliphatic carbocycles. The van der Waals surface area contributed by atoms with Crippen molar-refractivity contribution in [1.29, 1.82) is 0 Å². The standard InChI is InChI=1S/C21H27NO5/c1-16(24)18-8-9-20(21(12-18)26-2)27-15-19(25)14-22(10-11-23)13-17-6-4-3-5-7-17/h3-9,12,19,23,25H,10-11,13-15H2,1-2H3/p+1/t19-/m1/s1. The van der Waals surface area contributed by atoms with E-state index in [2.05, 4.69) is 0 Å². The lowest BCUT2D eigenvalue weighted by Crippen LogP contribution is -3.12. The molecule has 0 bridgehead atoms. The molecule has 6 heteroatoms. The van der Waals surface area contributed by atoms with Crippen LogP contribution in [-0.2, 0) is 6.54 Å². The molecule has 0 aromatic heterocycles. The van der Waals surface area contributed by atoms with Crippen LogP contribution in [0.4, 0.5) is 0 Å². The van der Waals surface area contributed by atoms with Crippen LogP contribution in [-0.4, -0.2) is 55.5 Å². The summed E-state index contributed by atoms with van der Waals surface area (Å²) in [7, 11) is 1.51. The van der Waals surface area contributed by atoms with Crippen LogP contribution >= 0.6 is 0 Å². The fourth-order valence-electron chi connectivity index (χ4n) is 2.89. The Morgan fingerprint density at radius 2 is 1.89 bits per heavy atom. The van der Waals surface area contributed by atoms with Gasteiger partial charge in [0.1, 0.15) is 32.3 Å². The Bertz CT molecular complexity index is 720. The first kappa shape index (κ1) is 20.9. The number of carbonyl (C=O) groups excluding carboxylic acids is 1. The molecule has 0 saturated carbocycles. The van der Waals surface area contributed by atoms with Gasteiger partial charge < -0.3 is 24.6 Å². The Kier molecular flexibility index (Phi) is 8.26. The summed E-state index contributed by atoms with van der Waals surface area (Å²) in [5.74, 6) is 0.885. The second-order valence-corrected chi connectivity index (χ2v) is 6.48. The number of nitrogens with one attached hydrogen (secondary N) is 1. The number of aliphatic hydroxyl groups excluding tert-OH is 2. The Hall–Kier alpha value is -2.41. The fraction of sp³-hybridized carbons (Fsp3) is 0.381. The summed E-state index contributed by atoms with van der Waals surface area (Å²) >= 11 is 0. The lowest BCUT2D eigenvalue weighted by Gasteiger charge is -2.22. The van der Waals surface area contributed by atoms with Crippen molar-refractivity contribution in [2.24, 2.45) is 0 Å². The van der Waals surface area contributed by atoms with Crippen LogP contribution in [0.1, 0.15) is 22.8 Å². The highest BCUT2D eigenvalue weighted by Crippen LogP contribution is 2.28. The number of rotatable bonds is 11. The molecule has 0 saturated heterocycles. The number of aliphatic hydroxyl groups is 2. The summed E-state index contributed by atoms with van der Waals surface area (Å²) in [6.45, 7) is 3.35. The molecule has 1 unspecified atom stereocenters. The third-order valence-electron chi connectivity index (χ3n) is 4.29. The van der Waals surface area contributed by atoms with Crippen molar-refractivity contribution in [3.8, 4) is 11.5 Å². The molecule has 27 heavy (non-hydrogen) atoms. The second-order valence-electron chi connectivity index (χ2n) is 6.48. The Morgan fingerprint density at radius 1 is 1.15 bits per heavy atom. The predicted molar refractivity (Wildman–Crippen MR) is 102 cm³/mol. The third-order valence-corrected chi connectivity index (χ3v) is 4.29. The number of Topliss-reactive ketones (excluding diaryl/α,β-unsaturated/α-hetero) is 1. The van der Waals surface area contributed by atoms with Crippen molar-refractivity contribution < 1.29 is 29.4 Å². The minimum Gasteiger partial charge on any atom is -0.493 e. The summed E-state index contributed by atoms with van der Waals surface area (Å²) in [5.41, 5.74) is 1.69. The minimum absolute atomic E-state index is 0.0517. The van der Waals surface area contributed by atoms with Crippen LogP contribution in [0.5, 0.6) is 11.5 Å². The average molecular weight is 374 g/mol. The number of ether oxygens (including phenoxy) is 2. The van der Waals surface area contributed by atoms with E-state index in [0.29, 0.717) is 30.2 Å². The molecule has 0 aliphatic rings. The van der Waals surface area contributed by atoms with Crippen LogP contribution in [0, 0.1) is 0 Å². The van der Waals surface area contributed by atoms with Crippen molar-refractivity contribution in [3.05, 3.63) is 59.7 Å². The minimum atomic E-state index is -0.701. The SMILES string of the molecule is COc1cc(C(C)=O)ccc1OC[C@H](O)C[NH+](CCO)Cc1ccccc1. The number of hydrogen-bond acceptors (Lipinski definition) is 5. The van der Waals surface area contributed by atoms with E-state index >= 15 is 0 Å². The van der Waals surface area contributed by atoms with Gasteiger partial charge in [0.2, 0.25) is 0 Å². The maximum absolute atomic E-state index is 11.5. The van der Waals surface area contributed by atoms with Gasteiger partial charge in [-0.3, -0.25) is 4.79 Å². The highest BCUT2D eigenvalue weighted by Gasteiger charge is 2.17. The Balaban J connectivity index is 1.93. The molecule has 2 aromatic carbocycles. The molecule has 6 nitrogen and oxygen atoms in total. The van der Waals surface area contributed by atoms with E-state index in [0.717, 1.165) is 17.0 Å². The zero-order chi connectivity index (χ0) is 19.6. The number of quaternary nitrogens is 1. The van der Waals surface area contributed by atoms with E-state index < -0.39 is 6.10 Å². The molecule has 0 fully saturated rings. The summed E-state index contributed by atoms with van der Waals surface area (Å²) < 4.78 is 11.0. The molecule has 2 atom stereocenters. The van der Waals surface area contributed by atoms with Gasteiger partial charge in [-0.25, -0.2) is 0 Å². The molecule has 0 aliphatic heterocycles. The maximum atomic E-state index is 11.5. The Morgan fingerprint density at radius 3 is 2.52 bits per heavy atom. The van der Waals surface area contributed by atoms with Crippen LogP contribution < -0.4 is 14.4 Å². The summed E-state index contributed by atoms with van der Waals surface area (Å²) in [6.07, 6.45) is -0.701. The van der Waals surface area contributed by atoms with Gasteiger partial charge in [0, 0.05) is 11.1 Å². The maximum Gasteiger partial charge on any atom is 0.161 e. The van der Waals surface area contributed by atoms with Crippen molar-refractivity contribution in [2.75, 3.05) is 33.4 Å². The number of ketones is 1. The van der Waals surface area contributed by atoms with E-state index in [-0.39, 0.29) is 19.0 Å². The normalized spacial score (nSPS) is 13.0. The average Bonchev–Trinajstić information content (AvgIpc) is 2.67. The number of carbonyl (C=O) groups is 1. The van der Waals surface area contributed by atoms with Gasteiger partial charge in [0.05, 0.1) is 13.7 Å². The lowest BCUT2D eigenvalue weighted by atomic mass is 10.1. The predicted octanol–water partition coefficient (Wildman–Crippen LogP) is 0.715. The molecule has 2 aromatic rings. The van der Waals surface area contributed by atoms with E-state index in [1.54, 1.807) is 18.2 Å². The molecule has 0 spiro atoms. The van der Waals surface area contributed by atoms with E-state index in [9.17, 15) is 15.0 Å². The number of methoxy groups -OCH3 is 1. The van der Waals surface area contributed by atoms with Crippen molar-refractivity contribution >= 4 is 5.78 Å². The molecule has 0 radical (unpaired) electrons. The summed E-state index contributed by atoms with van der Waals surface area (Å²) in [5, 5.41) is 19.7. The fourth-order valence-corrected chi connectivity index (χ4v) is 2.89. The van der Waals surface area contributed by atoms with E-state index in [4.69, 9.17) is 9.47 Å². The van der Waals surface area contributed by atoms with Crippen molar-refractivity contribution in [2.45, 2.75) is 19.6 Å².